The summed E-state index contributed by atoms with van der Waals surface area (Å²) in [6.07, 6.45) is 0. The van der Waals surface area contributed by atoms with Crippen LogP contribution in [0.15, 0.2) is 0 Å². The molecule has 0 spiro atoms. The molecule has 0 aromatic heterocycles. The van der Waals surface area contributed by atoms with Gasteiger partial charge in [0, 0.05) is 87.9 Å². The molecule has 0 N–H and O–H groups in total. The Morgan fingerprint density at radius 2 is 1.00 bits per heavy atom. The van der Waals surface area contributed by atoms with Crippen LogP contribution in [-0.2, 0) is 87.9 Å². The molecule has 0 aliphatic rings. The zero-order valence-electron chi connectivity index (χ0n) is 1.92. The molecule has 0 atom stereocenters. The van der Waals surface area contributed by atoms with Crippen LogP contribution in [-0.4, -0.2) is 0 Å². The van der Waals surface area contributed by atoms with Gasteiger partial charge in [0.2, 0.25) is 0 Å². The second kappa shape index (κ2) is 16.9. The minimum Gasteiger partial charge on any atom is 0 e. The molecule has 1 radical (unpaired) electrons. The van der Waals surface area contributed by atoms with Crippen LogP contribution in [0.25, 0.3) is 0 Å². The van der Waals surface area contributed by atoms with E-state index in [1.54, 1.807) is 0 Å². The largest absolute Gasteiger partial charge is 0 e. The van der Waals surface area contributed by atoms with Gasteiger partial charge in [-0.05, 0) is 0 Å². The number of hydrogen-bond acceptors (Lipinski definition) is 0. The molecule has 0 aromatic carbocycles. The van der Waals surface area contributed by atoms with Crippen molar-refractivity contribution in [1.82, 2.24) is 0 Å². The molecule has 0 nitrogen and oxygen atoms in total. The van der Waals surface area contributed by atoms with Crippen LogP contribution in [0.1, 0.15) is 0 Å². The molecule has 4 heavy (non-hydrogen) atoms. The van der Waals surface area contributed by atoms with Gasteiger partial charge in [0.15, 0.2) is 0 Å². The van der Waals surface area contributed by atoms with E-state index in [9.17, 15) is 0 Å². The summed E-state index contributed by atoms with van der Waals surface area (Å²) in [7, 11) is 0. The molecule has 0 aromatic rings. The summed E-state index contributed by atoms with van der Waals surface area (Å²) in [6, 6.07) is 0. The van der Waals surface area contributed by atoms with Gasteiger partial charge in [-0.1, -0.05) is 0 Å². The first kappa shape index (κ1) is 28.8. The quantitative estimate of drug-likeness (QED) is 0.551. The second-order valence-corrected chi connectivity index (χ2v) is 0. The SMILES string of the molecule is [Cd].[Cr].[Cu].[Zr]. The van der Waals surface area contributed by atoms with Gasteiger partial charge >= 0.3 is 0 Å². The first-order chi connectivity index (χ1) is 0. The third kappa shape index (κ3) is 8.85. The van der Waals surface area contributed by atoms with E-state index in [1.807, 2.05) is 0 Å². The Labute approximate surface area is 86.4 Å². The minimum absolute atomic E-state index is 0. The van der Waals surface area contributed by atoms with E-state index >= 15 is 0 Å². The van der Waals surface area contributed by atoms with Gasteiger partial charge in [-0.15, -0.1) is 0 Å². The topological polar surface area (TPSA) is 0 Å². The summed E-state index contributed by atoms with van der Waals surface area (Å²) < 4.78 is 0. The van der Waals surface area contributed by atoms with Crippen LogP contribution < -0.4 is 0 Å². The van der Waals surface area contributed by atoms with Gasteiger partial charge in [0.25, 0.3) is 0 Å². The van der Waals surface area contributed by atoms with Gasteiger partial charge in [0.05, 0.1) is 0 Å². The molecule has 0 heterocycles. The molecule has 0 fully saturated rings. The fourth-order valence-corrected chi connectivity index (χ4v) is 0. The zero-order chi connectivity index (χ0) is 0. The van der Waals surface area contributed by atoms with Crippen molar-refractivity contribution in [2.45, 2.75) is 0 Å². The first-order valence-electron chi connectivity index (χ1n) is 0. The second-order valence-electron chi connectivity index (χ2n) is 0. The maximum absolute atomic E-state index is 0. The van der Waals surface area contributed by atoms with E-state index in [2.05, 4.69) is 0 Å². The molecule has 0 saturated carbocycles. The summed E-state index contributed by atoms with van der Waals surface area (Å²) in [5.74, 6) is 0. The maximum Gasteiger partial charge on any atom is 0 e. The van der Waals surface area contributed by atoms with E-state index in [0.29, 0.717) is 0 Å². The maximum atomic E-state index is 0. The van der Waals surface area contributed by atoms with Crippen LogP contribution in [0, 0.1) is 0 Å². The Balaban J connectivity index is 0. The van der Waals surface area contributed by atoms with Crippen molar-refractivity contribution < 1.29 is 87.9 Å². The molecule has 0 aliphatic carbocycles. The Bertz CT molecular complexity index is 8.00. The molecule has 0 aliphatic heterocycles. The van der Waals surface area contributed by atoms with Gasteiger partial charge in [-0.3, -0.25) is 0 Å². The first-order valence-corrected chi connectivity index (χ1v) is 0. The van der Waals surface area contributed by atoms with Crippen molar-refractivity contribution in [2.75, 3.05) is 0 Å². The molecular weight excluding hydrogens is 319 g/mol. The fourth-order valence-electron chi connectivity index (χ4n) is 0. The van der Waals surface area contributed by atoms with E-state index in [0.717, 1.165) is 0 Å². The van der Waals surface area contributed by atoms with E-state index in [-0.39, 0.29) is 87.9 Å². The standard InChI is InChI=1S/Cd.Cr.Cu.Zr. The Kier molecular flexibility index (Phi) is 122. The van der Waals surface area contributed by atoms with Crippen LogP contribution in [0.3, 0.4) is 0 Å². The van der Waals surface area contributed by atoms with Gasteiger partial charge in [0.1, 0.15) is 0 Å². The summed E-state index contributed by atoms with van der Waals surface area (Å²) in [5.41, 5.74) is 0. The molecule has 0 bridgehead atoms. The fraction of sp³-hybridized carbons (Fsp3) is 0. The zero-order valence-corrected chi connectivity index (χ0v) is 10.6. The minimum atomic E-state index is 0. The molecule has 0 saturated heterocycles. The van der Waals surface area contributed by atoms with Crippen LogP contribution in [0.4, 0.5) is 0 Å². The molecule has 0 amide bonds. The third-order valence-corrected chi connectivity index (χ3v) is 0. The monoisotopic (exact) mass is 319 g/mol. The van der Waals surface area contributed by atoms with Crippen molar-refractivity contribution in [1.29, 1.82) is 0 Å². The Hall–Kier alpha value is 2.86. The average molecular weight is 319 g/mol. The molecular formula is CdCrCuZr. The summed E-state index contributed by atoms with van der Waals surface area (Å²) in [5, 5.41) is 0. The van der Waals surface area contributed by atoms with E-state index in [1.165, 1.54) is 0 Å². The normalized spacial score (nSPS) is 0. The van der Waals surface area contributed by atoms with Crippen molar-refractivity contribution in [2.24, 2.45) is 0 Å². The van der Waals surface area contributed by atoms with Crippen LogP contribution in [0.2, 0.25) is 0 Å². The summed E-state index contributed by atoms with van der Waals surface area (Å²) in [4.78, 5) is 0. The van der Waals surface area contributed by atoms with Crippen molar-refractivity contribution in [3.8, 4) is 0 Å². The van der Waals surface area contributed by atoms with Crippen molar-refractivity contribution in [3.63, 3.8) is 0 Å². The molecule has 23 valence electrons. The molecule has 0 unspecified atom stereocenters. The Morgan fingerprint density at radius 3 is 1.00 bits per heavy atom. The Morgan fingerprint density at radius 1 is 1.00 bits per heavy atom. The smallest absolute Gasteiger partial charge is 0 e. The van der Waals surface area contributed by atoms with Gasteiger partial charge in [-0.25, -0.2) is 0 Å². The summed E-state index contributed by atoms with van der Waals surface area (Å²) >= 11 is 0. The molecule has 0 rings (SSSR count). The third-order valence-electron chi connectivity index (χ3n) is 0. The summed E-state index contributed by atoms with van der Waals surface area (Å²) in [6.45, 7) is 0. The number of hydrogen-bond donors (Lipinski definition) is 0. The van der Waals surface area contributed by atoms with Crippen LogP contribution >= 0.6 is 0 Å². The van der Waals surface area contributed by atoms with Gasteiger partial charge < -0.3 is 0 Å². The average Bonchev–Trinajstić information content (AvgIpc) is 0. The van der Waals surface area contributed by atoms with Crippen molar-refractivity contribution in [3.05, 3.63) is 0 Å². The van der Waals surface area contributed by atoms with E-state index < -0.39 is 0 Å². The molecule has 4 heteroatoms. The predicted molar refractivity (Wildman–Crippen MR) is 0 cm³/mol. The van der Waals surface area contributed by atoms with Crippen molar-refractivity contribution >= 4 is 0 Å². The van der Waals surface area contributed by atoms with Gasteiger partial charge in [-0.2, -0.15) is 0 Å². The number of rotatable bonds is 0. The van der Waals surface area contributed by atoms with Crippen LogP contribution in [0.5, 0.6) is 0 Å². The van der Waals surface area contributed by atoms with E-state index in [4.69, 9.17) is 0 Å². The predicted octanol–water partition coefficient (Wildman–Crippen LogP) is -0.0100.